The van der Waals surface area contributed by atoms with Gasteiger partial charge < -0.3 is 15.2 Å². The Kier molecular flexibility index (Phi) is 4.62. The first kappa shape index (κ1) is 17.5. The Morgan fingerprint density at radius 3 is 2.50 bits per heavy atom. The van der Waals surface area contributed by atoms with Crippen molar-refractivity contribution < 1.29 is 24.2 Å². The van der Waals surface area contributed by atoms with Gasteiger partial charge in [0.1, 0.15) is 11.8 Å². The van der Waals surface area contributed by atoms with Crippen LogP contribution in [-0.2, 0) is 9.59 Å². The Bertz CT molecular complexity index is 876. The van der Waals surface area contributed by atoms with Gasteiger partial charge in [0.25, 0.3) is 5.91 Å². The third kappa shape index (κ3) is 3.23. The van der Waals surface area contributed by atoms with Crippen molar-refractivity contribution in [2.75, 3.05) is 17.3 Å². The zero-order valence-corrected chi connectivity index (χ0v) is 14.4. The molecule has 1 aliphatic rings. The van der Waals surface area contributed by atoms with Gasteiger partial charge in [-0.2, -0.15) is 0 Å². The fourth-order valence-electron chi connectivity index (χ4n) is 2.87. The zero-order valence-electron chi connectivity index (χ0n) is 14.4. The highest BCUT2D eigenvalue weighted by Crippen LogP contribution is 2.29. The number of ether oxygens (including phenoxy) is 1. The van der Waals surface area contributed by atoms with Gasteiger partial charge in [0.05, 0.1) is 24.8 Å². The average Bonchev–Trinajstić information content (AvgIpc) is 2.89. The summed E-state index contributed by atoms with van der Waals surface area (Å²) in [6.45, 7) is 1.73. The van der Waals surface area contributed by atoms with E-state index in [1.165, 1.54) is 12.1 Å². The Hall–Kier alpha value is -3.35. The van der Waals surface area contributed by atoms with E-state index in [1.54, 1.807) is 44.4 Å². The summed E-state index contributed by atoms with van der Waals surface area (Å²) in [6, 6.07) is 10.7. The molecule has 0 radical (unpaired) electrons. The molecule has 1 saturated heterocycles. The molecular weight excluding hydrogens is 336 g/mol. The minimum atomic E-state index is -1.11. The number of nitrogens with zero attached hydrogens (tertiary/aromatic N) is 1. The topological polar surface area (TPSA) is 95.9 Å². The van der Waals surface area contributed by atoms with Gasteiger partial charge in [-0.25, -0.2) is 9.69 Å². The Morgan fingerprint density at radius 1 is 1.19 bits per heavy atom. The fourth-order valence-corrected chi connectivity index (χ4v) is 2.87. The van der Waals surface area contributed by atoms with Gasteiger partial charge in [-0.1, -0.05) is 6.07 Å². The number of benzene rings is 2. The number of amides is 2. The monoisotopic (exact) mass is 354 g/mol. The van der Waals surface area contributed by atoms with Crippen LogP contribution in [0.4, 0.5) is 11.4 Å². The van der Waals surface area contributed by atoms with E-state index in [4.69, 9.17) is 9.84 Å². The molecule has 134 valence electrons. The smallest absolute Gasteiger partial charge is 0.335 e. The zero-order chi connectivity index (χ0) is 18.8. The minimum absolute atomic E-state index is 0.00159. The molecule has 7 heteroatoms. The predicted octanol–water partition coefficient (Wildman–Crippen LogP) is 2.45. The van der Waals surface area contributed by atoms with Crippen molar-refractivity contribution in [2.45, 2.75) is 19.4 Å². The summed E-state index contributed by atoms with van der Waals surface area (Å²) < 4.78 is 5.09. The van der Waals surface area contributed by atoms with Crippen molar-refractivity contribution >= 4 is 29.2 Å². The van der Waals surface area contributed by atoms with Crippen LogP contribution in [0.25, 0.3) is 0 Å². The first-order chi connectivity index (χ1) is 12.4. The molecule has 7 nitrogen and oxygen atoms in total. The van der Waals surface area contributed by atoms with E-state index in [2.05, 4.69) is 5.32 Å². The number of hydrogen-bond acceptors (Lipinski definition) is 5. The van der Waals surface area contributed by atoms with Crippen molar-refractivity contribution in [1.82, 2.24) is 0 Å². The molecule has 0 bridgehead atoms. The lowest BCUT2D eigenvalue weighted by Crippen LogP contribution is -2.35. The third-order valence-corrected chi connectivity index (χ3v) is 4.27. The summed E-state index contributed by atoms with van der Waals surface area (Å²) in [4.78, 5) is 37.4. The predicted molar refractivity (Wildman–Crippen MR) is 95.7 cm³/mol. The summed E-state index contributed by atoms with van der Waals surface area (Å²) >= 11 is 0. The Morgan fingerprint density at radius 2 is 1.88 bits per heavy atom. The molecule has 2 amide bonds. The highest BCUT2D eigenvalue weighted by Gasteiger charge is 2.40. The molecular formula is C19H18N2O5. The molecule has 0 spiro atoms. The van der Waals surface area contributed by atoms with Crippen LogP contribution in [0.15, 0.2) is 42.5 Å². The third-order valence-electron chi connectivity index (χ3n) is 4.27. The van der Waals surface area contributed by atoms with Gasteiger partial charge in [-0.05, 0) is 48.9 Å². The van der Waals surface area contributed by atoms with Gasteiger partial charge >= 0.3 is 5.97 Å². The number of nitrogens with one attached hydrogen (secondary N) is 1. The van der Waals surface area contributed by atoms with Crippen LogP contribution in [0.3, 0.4) is 0 Å². The number of rotatable bonds is 5. The number of aromatic carboxylic acids is 1. The largest absolute Gasteiger partial charge is 0.497 e. The summed E-state index contributed by atoms with van der Waals surface area (Å²) in [5.74, 6) is -1.20. The normalized spacial score (nSPS) is 16.7. The summed E-state index contributed by atoms with van der Waals surface area (Å²) in [6.07, 6.45) is 0.00159. The number of carboxylic acid groups (broad SMARTS) is 1. The standard InChI is InChI=1S/C19H18N2O5/c1-11-3-4-12(19(24)25)9-16(11)21-17(22)10-15(18(21)23)20-13-5-7-14(26-2)8-6-13/h3-9,15,20H,10H2,1-2H3,(H,24,25)/t15-/m0/s1. The van der Waals surface area contributed by atoms with E-state index in [0.29, 0.717) is 22.7 Å². The molecule has 0 unspecified atom stereocenters. The van der Waals surface area contributed by atoms with E-state index >= 15 is 0 Å². The van der Waals surface area contributed by atoms with Gasteiger partial charge in [0, 0.05) is 5.69 Å². The molecule has 2 aromatic carbocycles. The fraction of sp³-hybridized carbons (Fsp3) is 0.211. The lowest BCUT2D eigenvalue weighted by Gasteiger charge is -2.18. The maximum Gasteiger partial charge on any atom is 0.335 e. The van der Waals surface area contributed by atoms with Gasteiger partial charge in [0.2, 0.25) is 5.91 Å². The molecule has 2 aromatic rings. The minimum Gasteiger partial charge on any atom is -0.497 e. The molecule has 1 atom stereocenters. The first-order valence-electron chi connectivity index (χ1n) is 8.02. The molecule has 1 heterocycles. The lowest BCUT2D eigenvalue weighted by molar-refractivity contribution is -0.121. The molecule has 2 N–H and O–H groups in total. The second-order valence-electron chi connectivity index (χ2n) is 6.00. The van der Waals surface area contributed by atoms with Crippen LogP contribution in [0, 0.1) is 6.92 Å². The molecule has 0 saturated carbocycles. The van der Waals surface area contributed by atoms with Gasteiger partial charge in [0.15, 0.2) is 0 Å². The molecule has 0 aromatic heterocycles. The van der Waals surface area contributed by atoms with E-state index in [0.717, 1.165) is 4.90 Å². The van der Waals surface area contributed by atoms with Crippen molar-refractivity contribution in [1.29, 1.82) is 0 Å². The number of anilines is 2. The van der Waals surface area contributed by atoms with Crippen molar-refractivity contribution in [2.24, 2.45) is 0 Å². The molecule has 3 rings (SSSR count). The lowest BCUT2D eigenvalue weighted by atomic mass is 10.1. The maximum atomic E-state index is 12.7. The van der Waals surface area contributed by atoms with Crippen LogP contribution in [0.2, 0.25) is 0 Å². The summed E-state index contributed by atoms with van der Waals surface area (Å²) in [5.41, 5.74) is 1.67. The average molecular weight is 354 g/mol. The van der Waals surface area contributed by atoms with Crippen LogP contribution in [0.1, 0.15) is 22.3 Å². The second-order valence-corrected chi connectivity index (χ2v) is 6.00. The second kappa shape index (κ2) is 6.87. The van der Waals surface area contributed by atoms with Crippen LogP contribution in [-0.4, -0.2) is 36.0 Å². The SMILES string of the molecule is COc1ccc(N[C@H]2CC(=O)N(c3cc(C(=O)O)ccc3C)C2=O)cc1. The first-order valence-corrected chi connectivity index (χ1v) is 8.02. The number of methoxy groups -OCH3 is 1. The number of aryl methyl sites for hydroxylation is 1. The van der Waals surface area contributed by atoms with Crippen LogP contribution < -0.4 is 15.0 Å². The van der Waals surface area contributed by atoms with E-state index in [9.17, 15) is 14.4 Å². The molecule has 0 aliphatic carbocycles. The molecule has 26 heavy (non-hydrogen) atoms. The number of hydrogen-bond donors (Lipinski definition) is 2. The van der Waals surface area contributed by atoms with Crippen LogP contribution >= 0.6 is 0 Å². The van der Waals surface area contributed by atoms with Crippen molar-refractivity contribution in [3.8, 4) is 5.75 Å². The van der Waals surface area contributed by atoms with Crippen LogP contribution in [0.5, 0.6) is 5.75 Å². The quantitative estimate of drug-likeness (QED) is 0.801. The summed E-state index contributed by atoms with van der Waals surface area (Å²) in [5, 5.41) is 12.2. The number of carboxylic acids is 1. The van der Waals surface area contributed by atoms with Crippen molar-refractivity contribution in [3.63, 3.8) is 0 Å². The number of carbonyl (C=O) groups is 3. The highest BCUT2D eigenvalue weighted by atomic mass is 16.5. The number of carbonyl (C=O) groups excluding carboxylic acids is 2. The molecule has 1 fully saturated rings. The Balaban J connectivity index is 1.85. The Labute approximate surface area is 150 Å². The molecule has 1 aliphatic heterocycles. The summed E-state index contributed by atoms with van der Waals surface area (Å²) in [7, 11) is 1.56. The van der Waals surface area contributed by atoms with Gasteiger partial charge in [-0.15, -0.1) is 0 Å². The van der Waals surface area contributed by atoms with E-state index < -0.39 is 17.9 Å². The van der Waals surface area contributed by atoms with E-state index in [-0.39, 0.29) is 17.9 Å². The van der Waals surface area contributed by atoms with Crippen molar-refractivity contribution in [3.05, 3.63) is 53.6 Å². The van der Waals surface area contributed by atoms with Gasteiger partial charge in [-0.3, -0.25) is 9.59 Å². The van der Waals surface area contributed by atoms with E-state index in [1.807, 2.05) is 0 Å². The number of imide groups is 1. The maximum absolute atomic E-state index is 12.7. The highest BCUT2D eigenvalue weighted by molar-refractivity contribution is 6.23.